The third kappa shape index (κ3) is 8.00. The van der Waals surface area contributed by atoms with Crippen LogP contribution in [0, 0.1) is 5.92 Å². The third-order valence-corrected chi connectivity index (χ3v) is 6.20. The van der Waals surface area contributed by atoms with E-state index in [1.165, 1.54) is 11.1 Å². The number of methoxy groups -OCH3 is 1. The minimum Gasteiger partial charge on any atom is -0.493 e. The number of hydrogen-bond acceptors (Lipinski definition) is 6. The lowest BCUT2D eigenvalue weighted by atomic mass is 10.00. The highest BCUT2D eigenvalue weighted by Crippen LogP contribution is 2.29. The summed E-state index contributed by atoms with van der Waals surface area (Å²) in [5.74, 6) is 3.27. The number of benzene rings is 2. The lowest BCUT2D eigenvalue weighted by Crippen LogP contribution is -2.38. The van der Waals surface area contributed by atoms with Gasteiger partial charge in [-0.2, -0.15) is 0 Å². The van der Waals surface area contributed by atoms with Crippen molar-refractivity contribution >= 4 is 11.8 Å². The van der Waals surface area contributed by atoms with Gasteiger partial charge in [0.05, 0.1) is 26.9 Å². The van der Waals surface area contributed by atoms with Crippen molar-refractivity contribution in [3.8, 4) is 11.5 Å². The zero-order chi connectivity index (χ0) is 25.8. The van der Waals surface area contributed by atoms with Crippen molar-refractivity contribution in [3.63, 3.8) is 0 Å². The first-order valence-electron chi connectivity index (χ1n) is 13.3. The first-order chi connectivity index (χ1) is 17.5. The van der Waals surface area contributed by atoms with E-state index in [0.717, 1.165) is 49.5 Å². The van der Waals surface area contributed by atoms with Crippen molar-refractivity contribution in [1.82, 2.24) is 0 Å². The van der Waals surface area contributed by atoms with Gasteiger partial charge in [0.15, 0.2) is 11.5 Å². The molecule has 1 aliphatic heterocycles. The van der Waals surface area contributed by atoms with Gasteiger partial charge in [-0.3, -0.25) is 0 Å². The second-order valence-electron chi connectivity index (χ2n) is 9.32. The number of nitrogens with zero attached hydrogens (tertiary/aromatic N) is 2. The monoisotopic (exact) mass is 494 g/mol. The van der Waals surface area contributed by atoms with Crippen molar-refractivity contribution in [2.45, 2.75) is 71.9 Å². The molecule has 2 aromatic rings. The molecular weight excluding hydrogens is 452 g/mol. The van der Waals surface area contributed by atoms with Crippen molar-refractivity contribution in [2.75, 3.05) is 26.9 Å². The van der Waals surface area contributed by atoms with Crippen molar-refractivity contribution in [3.05, 3.63) is 59.7 Å². The lowest BCUT2D eigenvalue weighted by Gasteiger charge is -2.28. The van der Waals surface area contributed by atoms with E-state index >= 15 is 0 Å². The fourth-order valence-corrected chi connectivity index (χ4v) is 4.29. The molecule has 0 bridgehead atoms. The SMILES string of the molecule is CCOC1=N[C@H](C(C)C)C(OCC)=N[C@H]1CCc1ccc(OCCCCc2ccccc2)c(OC)c1. The predicted molar refractivity (Wildman–Crippen MR) is 147 cm³/mol. The maximum atomic E-state index is 6.04. The van der Waals surface area contributed by atoms with Gasteiger partial charge in [-0.15, -0.1) is 0 Å². The summed E-state index contributed by atoms with van der Waals surface area (Å²) in [6, 6.07) is 16.5. The Morgan fingerprint density at radius 1 is 0.778 bits per heavy atom. The molecule has 0 aliphatic carbocycles. The summed E-state index contributed by atoms with van der Waals surface area (Å²) in [6.45, 7) is 10.1. The molecule has 0 saturated carbocycles. The summed E-state index contributed by atoms with van der Waals surface area (Å²) in [5, 5.41) is 0. The van der Waals surface area contributed by atoms with Gasteiger partial charge in [0.2, 0.25) is 11.8 Å². The summed E-state index contributed by atoms with van der Waals surface area (Å²) < 4.78 is 23.4. The van der Waals surface area contributed by atoms with Crippen LogP contribution >= 0.6 is 0 Å². The van der Waals surface area contributed by atoms with E-state index in [1.54, 1.807) is 7.11 Å². The average molecular weight is 495 g/mol. The minimum absolute atomic E-state index is 0.0908. The van der Waals surface area contributed by atoms with Gasteiger partial charge < -0.3 is 18.9 Å². The van der Waals surface area contributed by atoms with E-state index in [0.29, 0.717) is 31.6 Å². The number of unbranched alkanes of at least 4 members (excludes halogenated alkanes) is 1. The summed E-state index contributed by atoms with van der Waals surface area (Å²) in [7, 11) is 1.69. The van der Waals surface area contributed by atoms with Crippen molar-refractivity contribution < 1.29 is 18.9 Å². The Balaban J connectivity index is 1.57. The van der Waals surface area contributed by atoms with Crippen LogP contribution in [0.3, 0.4) is 0 Å². The average Bonchev–Trinajstić information content (AvgIpc) is 2.89. The molecule has 2 atom stereocenters. The normalized spacial score (nSPS) is 17.4. The van der Waals surface area contributed by atoms with E-state index in [4.69, 9.17) is 28.9 Å². The van der Waals surface area contributed by atoms with Gasteiger partial charge >= 0.3 is 0 Å². The molecule has 6 nitrogen and oxygen atoms in total. The number of hydrogen-bond donors (Lipinski definition) is 0. The van der Waals surface area contributed by atoms with Gasteiger partial charge in [0.25, 0.3) is 0 Å². The number of rotatable bonds is 13. The highest BCUT2D eigenvalue weighted by atomic mass is 16.5. The van der Waals surface area contributed by atoms with Gasteiger partial charge in [0.1, 0.15) is 12.1 Å². The molecule has 0 saturated heterocycles. The van der Waals surface area contributed by atoms with E-state index in [9.17, 15) is 0 Å². The van der Waals surface area contributed by atoms with Crippen LogP contribution in [-0.2, 0) is 22.3 Å². The van der Waals surface area contributed by atoms with Crippen LogP contribution < -0.4 is 9.47 Å². The van der Waals surface area contributed by atoms with Crippen LogP contribution in [0.5, 0.6) is 11.5 Å². The first-order valence-corrected chi connectivity index (χ1v) is 13.3. The van der Waals surface area contributed by atoms with Gasteiger partial charge in [0, 0.05) is 0 Å². The van der Waals surface area contributed by atoms with Crippen molar-refractivity contribution in [2.24, 2.45) is 15.9 Å². The molecule has 0 spiro atoms. The van der Waals surface area contributed by atoms with Crippen molar-refractivity contribution in [1.29, 1.82) is 0 Å². The molecule has 196 valence electrons. The molecule has 1 heterocycles. The smallest absolute Gasteiger partial charge is 0.210 e. The largest absolute Gasteiger partial charge is 0.493 e. The van der Waals surface area contributed by atoms with E-state index in [-0.39, 0.29) is 12.1 Å². The summed E-state index contributed by atoms with van der Waals surface area (Å²) in [6.07, 6.45) is 4.76. The predicted octanol–water partition coefficient (Wildman–Crippen LogP) is 6.31. The molecule has 3 rings (SSSR count). The van der Waals surface area contributed by atoms with Crippen LogP contribution in [0.4, 0.5) is 0 Å². The molecule has 0 fully saturated rings. The summed E-state index contributed by atoms with van der Waals surface area (Å²) in [5.41, 5.74) is 2.53. The Labute approximate surface area is 216 Å². The molecule has 0 radical (unpaired) electrons. The number of aryl methyl sites for hydroxylation is 2. The topological polar surface area (TPSA) is 61.6 Å². The Bertz CT molecular complexity index is 988. The molecule has 0 amide bonds. The second kappa shape index (κ2) is 14.5. The highest BCUT2D eigenvalue weighted by molar-refractivity contribution is 5.94. The molecule has 2 aromatic carbocycles. The second-order valence-corrected chi connectivity index (χ2v) is 9.32. The zero-order valence-electron chi connectivity index (χ0n) is 22.5. The molecule has 0 aromatic heterocycles. The number of ether oxygens (including phenoxy) is 4. The molecule has 0 unspecified atom stereocenters. The van der Waals surface area contributed by atoms with Gasteiger partial charge in [-0.05, 0) is 75.1 Å². The van der Waals surface area contributed by atoms with E-state index < -0.39 is 0 Å². The Morgan fingerprint density at radius 3 is 2.22 bits per heavy atom. The number of aliphatic imine (C=N–C) groups is 2. The molecule has 6 heteroatoms. The standard InChI is InChI=1S/C30H42N2O4/c1-6-34-29-25(31-30(35-7-2)28(32-29)22(3)4)18-16-24-17-19-26(27(21-24)33-5)36-20-12-11-15-23-13-9-8-10-14-23/h8-10,13-14,17,19,21-22,25,28H,6-7,11-12,15-16,18,20H2,1-5H3/t25-,28+/m0/s1. The highest BCUT2D eigenvalue weighted by Gasteiger charge is 2.31. The minimum atomic E-state index is -0.145. The Hall–Kier alpha value is -3.02. The molecular formula is C30H42N2O4. The Morgan fingerprint density at radius 2 is 1.53 bits per heavy atom. The van der Waals surface area contributed by atoms with E-state index in [2.05, 4.69) is 56.3 Å². The first kappa shape index (κ1) is 27.6. The van der Waals surface area contributed by atoms with Gasteiger partial charge in [-0.25, -0.2) is 9.98 Å². The van der Waals surface area contributed by atoms with Crippen LogP contribution in [0.2, 0.25) is 0 Å². The fraction of sp³-hybridized carbons (Fsp3) is 0.533. The summed E-state index contributed by atoms with van der Waals surface area (Å²) in [4.78, 5) is 9.79. The molecule has 1 aliphatic rings. The third-order valence-electron chi connectivity index (χ3n) is 6.20. The van der Waals surface area contributed by atoms with Gasteiger partial charge in [-0.1, -0.05) is 50.2 Å². The lowest BCUT2D eigenvalue weighted by molar-refractivity contribution is 0.274. The van der Waals surface area contributed by atoms with Crippen LogP contribution in [0.1, 0.15) is 58.1 Å². The van der Waals surface area contributed by atoms with Crippen LogP contribution in [0.15, 0.2) is 58.5 Å². The maximum Gasteiger partial charge on any atom is 0.210 e. The fourth-order valence-electron chi connectivity index (χ4n) is 4.29. The molecule has 0 N–H and O–H groups in total. The Kier molecular flexibility index (Phi) is 11.1. The molecule has 36 heavy (non-hydrogen) atoms. The van der Waals surface area contributed by atoms with Crippen LogP contribution in [0.25, 0.3) is 0 Å². The quantitative estimate of drug-likeness (QED) is 0.306. The zero-order valence-corrected chi connectivity index (χ0v) is 22.5. The van der Waals surface area contributed by atoms with E-state index in [1.807, 2.05) is 19.9 Å². The summed E-state index contributed by atoms with van der Waals surface area (Å²) >= 11 is 0. The van der Waals surface area contributed by atoms with Crippen LogP contribution in [-0.4, -0.2) is 50.8 Å². The maximum absolute atomic E-state index is 6.04.